The van der Waals surface area contributed by atoms with E-state index in [2.05, 4.69) is 40.4 Å². The Morgan fingerprint density at radius 1 is 1.30 bits per heavy atom. The zero-order chi connectivity index (χ0) is 17.6. The Morgan fingerprint density at radius 2 is 1.96 bits per heavy atom. The van der Waals surface area contributed by atoms with Crippen molar-refractivity contribution in [1.82, 2.24) is 5.32 Å². The lowest BCUT2D eigenvalue weighted by Gasteiger charge is -2.24. The molecular formula is C17H26BrFN2O2. The summed E-state index contributed by atoms with van der Waals surface area (Å²) < 4.78 is 19.7. The van der Waals surface area contributed by atoms with Gasteiger partial charge in [0.05, 0.1) is 5.69 Å². The van der Waals surface area contributed by atoms with E-state index in [9.17, 15) is 9.18 Å². The van der Waals surface area contributed by atoms with Gasteiger partial charge >= 0.3 is 6.09 Å². The van der Waals surface area contributed by atoms with Gasteiger partial charge in [0.15, 0.2) is 0 Å². The molecule has 130 valence electrons. The van der Waals surface area contributed by atoms with Crippen molar-refractivity contribution in [3.63, 3.8) is 0 Å². The Bertz CT molecular complexity index is 510. The lowest BCUT2D eigenvalue weighted by atomic mass is 9.95. The Morgan fingerprint density at radius 3 is 2.48 bits per heavy atom. The summed E-state index contributed by atoms with van der Waals surface area (Å²) in [5.74, 6) is 0.166. The minimum atomic E-state index is -0.520. The molecule has 0 saturated heterocycles. The van der Waals surface area contributed by atoms with Gasteiger partial charge in [-0.25, -0.2) is 9.18 Å². The van der Waals surface area contributed by atoms with Gasteiger partial charge in [-0.3, -0.25) is 0 Å². The van der Waals surface area contributed by atoms with E-state index in [1.54, 1.807) is 12.1 Å². The number of para-hydroxylation sites is 1. The second-order valence-corrected chi connectivity index (χ2v) is 7.72. The molecule has 0 aliphatic rings. The number of nitrogens with one attached hydrogen (secondary N) is 2. The van der Waals surface area contributed by atoms with Crippen molar-refractivity contribution in [2.75, 3.05) is 18.4 Å². The molecule has 0 aliphatic carbocycles. The van der Waals surface area contributed by atoms with Crippen LogP contribution in [-0.2, 0) is 4.74 Å². The molecule has 1 unspecified atom stereocenters. The quantitative estimate of drug-likeness (QED) is 0.735. The van der Waals surface area contributed by atoms with E-state index < -0.39 is 11.7 Å². The van der Waals surface area contributed by atoms with Crippen LogP contribution in [0.3, 0.4) is 0 Å². The van der Waals surface area contributed by atoms with Crippen molar-refractivity contribution in [1.29, 1.82) is 0 Å². The normalized spacial score (nSPS) is 12.9. The molecule has 0 aliphatic heterocycles. The van der Waals surface area contributed by atoms with E-state index >= 15 is 0 Å². The number of hydrogen-bond acceptors (Lipinski definition) is 3. The van der Waals surface area contributed by atoms with Crippen LogP contribution in [0.5, 0.6) is 0 Å². The van der Waals surface area contributed by atoms with Crippen molar-refractivity contribution in [3.05, 3.63) is 28.5 Å². The predicted octanol–water partition coefficient (Wildman–Crippen LogP) is 4.80. The number of carbonyl (C=O) groups is 1. The number of alkyl carbamates (subject to hydrolysis) is 1. The standard InChI is InChI=1S/C17H26BrFN2O2/c1-11(2)12(10-21-16(22)23-17(3,4)5)9-20-15-13(18)7-6-8-14(15)19/h6-8,11-12,20H,9-10H2,1-5H3,(H,21,22). The monoisotopic (exact) mass is 388 g/mol. The van der Waals surface area contributed by atoms with E-state index in [-0.39, 0.29) is 11.7 Å². The molecule has 6 heteroatoms. The lowest BCUT2D eigenvalue weighted by Crippen LogP contribution is -2.38. The molecule has 0 fully saturated rings. The average molecular weight is 389 g/mol. The Hall–Kier alpha value is -1.30. The van der Waals surface area contributed by atoms with Gasteiger partial charge in [-0.15, -0.1) is 0 Å². The number of rotatable bonds is 6. The highest BCUT2D eigenvalue weighted by Crippen LogP contribution is 2.25. The molecule has 0 saturated carbocycles. The molecular weight excluding hydrogens is 363 g/mol. The first-order valence-electron chi connectivity index (χ1n) is 7.75. The van der Waals surface area contributed by atoms with Crippen LogP contribution < -0.4 is 10.6 Å². The summed E-state index contributed by atoms with van der Waals surface area (Å²) in [5, 5.41) is 5.90. The fourth-order valence-corrected chi connectivity index (χ4v) is 2.45. The van der Waals surface area contributed by atoms with Crippen molar-refractivity contribution in [3.8, 4) is 0 Å². The third-order valence-electron chi connectivity index (χ3n) is 3.35. The third-order valence-corrected chi connectivity index (χ3v) is 4.01. The first kappa shape index (κ1) is 19.7. The van der Waals surface area contributed by atoms with Gasteiger partial charge in [-0.05, 0) is 60.7 Å². The fraction of sp³-hybridized carbons (Fsp3) is 0.588. The molecule has 2 N–H and O–H groups in total. The van der Waals surface area contributed by atoms with Crippen LogP contribution in [0, 0.1) is 17.7 Å². The molecule has 1 atom stereocenters. The molecule has 0 bridgehead atoms. The number of carbonyl (C=O) groups excluding carboxylic acids is 1. The fourth-order valence-electron chi connectivity index (χ4n) is 1.97. The molecule has 1 amide bonds. The topological polar surface area (TPSA) is 50.4 Å². The van der Waals surface area contributed by atoms with E-state index in [0.29, 0.717) is 29.2 Å². The third kappa shape index (κ3) is 7.20. The van der Waals surface area contributed by atoms with E-state index in [4.69, 9.17) is 4.74 Å². The SMILES string of the molecule is CC(C)C(CNC(=O)OC(C)(C)C)CNc1c(F)cccc1Br. The number of halogens is 2. The van der Waals surface area contributed by atoms with Gasteiger partial charge in [-0.2, -0.15) is 0 Å². The first-order chi connectivity index (χ1) is 10.6. The van der Waals surface area contributed by atoms with Crippen LogP contribution in [-0.4, -0.2) is 24.8 Å². The second-order valence-electron chi connectivity index (χ2n) is 6.86. The van der Waals surface area contributed by atoms with Crippen LogP contribution in [0.1, 0.15) is 34.6 Å². The highest BCUT2D eigenvalue weighted by molar-refractivity contribution is 9.10. The molecule has 23 heavy (non-hydrogen) atoms. The minimum Gasteiger partial charge on any atom is -0.444 e. The van der Waals surface area contributed by atoms with Crippen molar-refractivity contribution in [2.45, 2.75) is 40.2 Å². The summed E-state index contributed by atoms with van der Waals surface area (Å²) in [6.45, 7) is 10.6. The Kier molecular flexibility index (Phi) is 7.32. The summed E-state index contributed by atoms with van der Waals surface area (Å²) in [7, 11) is 0. The summed E-state index contributed by atoms with van der Waals surface area (Å²) >= 11 is 3.34. The highest BCUT2D eigenvalue weighted by Gasteiger charge is 2.19. The molecule has 0 spiro atoms. The number of amides is 1. The summed E-state index contributed by atoms with van der Waals surface area (Å²) in [6.07, 6.45) is -0.435. The molecule has 1 rings (SSSR count). The molecule has 1 aromatic carbocycles. The molecule has 0 aromatic heterocycles. The number of hydrogen-bond donors (Lipinski definition) is 2. The van der Waals surface area contributed by atoms with Gasteiger partial charge in [0.2, 0.25) is 0 Å². The predicted molar refractivity (Wildman–Crippen MR) is 95.2 cm³/mol. The zero-order valence-electron chi connectivity index (χ0n) is 14.4. The number of ether oxygens (including phenoxy) is 1. The van der Waals surface area contributed by atoms with Crippen molar-refractivity contribution in [2.24, 2.45) is 11.8 Å². The van der Waals surface area contributed by atoms with Crippen LogP contribution in [0.4, 0.5) is 14.9 Å². The molecule has 0 heterocycles. The lowest BCUT2D eigenvalue weighted by molar-refractivity contribution is 0.0516. The van der Waals surface area contributed by atoms with Crippen molar-refractivity contribution < 1.29 is 13.9 Å². The van der Waals surface area contributed by atoms with Crippen LogP contribution in [0.25, 0.3) is 0 Å². The van der Waals surface area contributed by atoms with Crippen molar-refractivity contribution >= 4 is 27.7 Å². The minimum absolute atomic E-state index is 0.147. The van der Waals surface area contributed by atoms with Crippen LogP contribution in [0.15, 0.2) is 22.7 Å². The van der Waals surface area contributed by atoms with E-state index in [0.717, 1.165) is 0 Å². The Labute approximate surface area is 146 Å². The first-order valence-corrected chi connectivity index (χ1v) is 8.54. The number of benzene rings is 1. The van der Waals surface area contributed by atoms with E-state index in [1.165, 1.54) is 6.07 Å². The second kappa shape index (κ2) is 8.52. The van der Waals surface area contributed by atoms with Gasteiger partial charge in [0, 0.05) is 17.6 Å². The highest BCUT2D eigenvalue weighted by atomic mass is 79.9. The maximum atomic E-state index is 13.8. The Balaban J connectivity index is 2.58. The number of anilines is 1. The van der Waals surface area contributed by atoms with Gasteiger partial charge in [0.25, 0.3) is 0 Å². The maximum absolute atomic E-state index is 13.8. The van der Waals surface area contributed by atoms with Crippen LogP contribution in [0.2, 0.25) is 0 Å². The largest absolute Gasteiger partial charge is 0.444 e. The molecule has 1 aromatic rings. The summed E-state index contributed by atoms with van der Waals surface area (Å²) in [4.78, 5) is 11.7. The van der Waals surface area contributed by atoms with Gasteiger partial charge in [-0.1, -0.05) is 19.9 Å². The van der Waals surface area contributed by atoms with Gasteiger partial charge < -0.3 is 15.4 Å². The molecule has 0 radical (unpaired) electrons. The van der Waals surface area contributed by atoms with E-state index in [1.807, 2.05) is 20.8 Å². The van der Waals surface area contributed by atoms with Gasteiger partial charge in [0.1, 0.15) is 11.4 Å². The van der Waals surface area contributed by atoms with Crippen LogP contribution >= 0.6 is 15.9 Å². The smallest absolute Gasteiger partial charge is 0.407 e. The summed E-state index contributed by atoms with van der Waals surface area (Å²) in [6, 6.07) is 4.85. The average Bonchev–Trinajstić information content (AvgIpc) is 2.38. The maximum Gasteiger partial charge on any atom is 0.407 e. The zero-order valence-corrected chi connectivity index (χ0v) is 16.0. The molecule has 4 nitrogen and oxygen atoms in total. The summed E-state index contributed by atoms with van der Waals surface area (Å²) in [5.41, 5.74) is -0.0799.